The molecule has 3 rings (SSSR count). The summed E-state index contributed by atoms with van der Waals surface area (Å²) in [5.74, 6) is 0.702. The van der Waals surface area contributed by atoms with Gasteiger partial charge in [-0.05, 0) is 43.0 Å². The average Bonchev–Trinajstić information content (AvgIpc) is 2.72. The monoisotopic (exact) mass is 366 g/mol. The van der Waals surface area contributed by atoms with Crippen molar-refractivity contribution in [2.75, 3.05) is 19.7 Å². The Morgan fingerprint density at radius 1 is 1.04 bits per heavy atom. The maximum absolute atomic E-state index is 12.4. The van der Waals surface area contributed by atoms with E-state index in [0.717, 1.165) is 5.56 Å². The van der Waals surface area contributed by atoms with Crippen LogP contribution in [0.1, 0.15) is 24.0 Å². The molecule has 0 unspecified atom stereocenters. The van der Waals surface area contributed by atoms with E-state index in [2.05, 4.69) is 5.32 Å². The highest BCUT2D eigenvalue weighted by Gasteiger charge is 2.27. The molecule has 2 amide bonds. The number of rotatable bonds is 6. The van der Waals surface area contributed by atoms with Crippen LogP contribution in [-0.4, -0.2) is 36.4 Å². The summed E-state index contributed by atoms with van der Waals surface area (Å²) in [7, 11) is 0. The van der Waals surface area contributed by atoms with E-state index in [1.807, 2.05) is 61.5 Å². The number of likely N-dealkylation sites (tertiary alicyclic amines) is 1. The minimum atomic E-state index is -0.0342. The van der Waals surface area contributed by atoms with Crippen LogP contribution >= 0.6 is 0 Å². The maximum Gasteiger partial charge on any atom is 0.260 e. The van der Waals surface area contributed by atoms with Crippen molar-refractivity contribution in [2.45, 2.75) is 26.3 Å². The summed E-state index contributed by atoms with van der Waals surface area (Å²) in [5, 5.41) is 3.03. The number of amides is 2. The van der Waals surface area contributed by atoms with Crippen molar-refractivity contribution in [3.05, 3.63) is 65.7 Å². The van der Waals surface area contributed by atoms with Crippen LogP contribution in [-0.2, 0) is 16.1 Å². The number of hydrogen-bond donors (Lipinski definition) is 1. The normalized spacial score (nSPS) is 14.6. The molecule has 1 N–H and O–H groups in total. The number of hydrogen-bond acceptors (Lipinski definition) is 3. The molecule has 0 aromatic heterocycles. The molecule has 1 aliphatic heterocycles. The molecule has 1 fully saturated rings. The third kappa shape index (κ3) is 5.33. The maximum atomic E-state index is 12.4. The summed E-state index contributed by atoms with van der Waals surface area (Å²) in [6.07, 6.45) is 1.38. The Balaban J connectivity index is 1.40. The van der Waals surface area contributed by atoms with Crippen molar-refractivity contribution >= 4 is 11.8 Å². The summed E-state index contributed by atoms with van der Waals surface area (Å²) < 4.78 is 5.52. The Labute approximate surface area is 160 Å². The first kappa shape index (κ1) is 19.0. The van der Waals surface area contributed by atoms with Gasteiger partial charge in [0, 0.05) is 25.6 Å². The van der Waals surface area contributed by atoms with Crippen LogP contribution in [0.5, 0.6) is 5.75 Å². The molecule has 2 aromatic rings. The highest BCUT2D eigenvalue weighted by Crippen LogP contribution is 2.18. The minimum Gasteiger partial charge on any atom is -0.484 e. The third-order valence-corrected chi connectivity index (χ3v) is 5.04. The molecule has 1 saturated heterocycles. The van der Waals surface area contributed by atoms with Crippen LogP contribution in [0.15, 0.2) is 54.6 Å². The van der Waals surface area contributed by atoms with Crippen molar-refractivity contribution < 1.29 is 14.3 Å². The molecule has 1 heterocycles. The molecule has 0 atom stereocenters. The van der Waals surface area contributed by atoms with Gasteiger partial charge in [-0.1, -0.05) is 42.5 Å². The number of nitrogens with zero attached hydrogens (tertiary/aromatic N) is 1. The van der Waals surface area contributed by atoms with E-state index in [1.165, 1.54) is 5.56 Å². The van der Waals surface area contributed by atoms with Crippen LogP contribution in [0, 0.1) is 12.8 Å². The zero-order valence-electron chi connectivity index (χ0n) is 15.7. The Hall–Kier alpha value is -2.82. The van der Waals surface area contributed by atoms with Crippen LogP contribution in [0.3, 0.4) is 0 Å². The van der Waals surface area contributed by atoms with Gasteiger partial charge in [-0.2, -0.15) is 0 Å². The molecule has 0 radical (unpaired) electrons. The van der Waals surface area contributed by atoms with E-state index in [0.29, 0.717) is 38.2 Å². The van der Waals surface area contributed by atoms with Gasteiger partial charge in [0.2, 0.25) is 5.91 Å². The molecule has 0 bridgehead atoms. The molecule has 0 spiro atoms. The van der Waals surface area contributed by atoms with Crippen LogP contribution in [0.25, 0.3) is 0 Å². The average molecular weight is 366 g/mol. The standard InChI is InChI=1S/C22H26N2O3/c1-17-7-5-6-8-19(17)15-23-22(26)18-11-13-24(14-12-18)21(25)16-27-20-9-3-2-4-10-20/h2-10,18H,11-16H2,1H3,(H,23,26). The van der Waals surface area contributed by atoms with Gasteiger partial charge in [-0.25, -0.2) is 0 Å². The number of carbonyl (C=O) groups excluding carboxylic acids is 2. The minimum absolute atomic E-state index is 0.0300. The smallest absolute Gasteiger partial charge is 0.260 e. The Bertz CT molecular complexity index is 768. The first-order valence-electron chi connectivity index (χ1n) is 9.41. The summed E-state index contributed by atoms with van der Waals surface area (Å²) in [4.78, 5) is 26.5. The molecule has 0 saturated carbocycles. The lowest BCUT2D eigenvalue weighted by molar-refractivity contribution is -0.137. The first-order valence-corrected chi connectivity index (χ1v) is 9.41. The van der Waals surface area contributed by atoms with Crippen molar-refractivity contribution in [3.63, 3.8) is 0 Å². The number of nitrogens with one attached hydrogen (secondary N) is 1. The third-order valence-electron chi connectivity index (χ3n) is 5.04. The van der Waals surface area contributed by atoms with Crippen LogP contribution in [0.2, 0.25) is 0 Å². The second-order valence-electron chi connectivity index (χ2n) is 6.90. The number of para-hydroxylation sites is 1. The second-order valence-corrected chi connectivity index (χ2v) is 6.90. The van der Waals surface area contributed by atoms with Gasteiger partial charge in [0.25, 0.3) is 5.91 Å². The molecule has 0 aliphatic carbocycles. The fourth-order valence-corrected chi connectivity index (χ4v) is 3.28. The predicted octanol–water partition coefficient (Wildman–Crippen LogP) is 2.93. The molecule has 142 valence electrons. The predicted molar refractivity (Wildman–Crippen MR) is 104 cm³/mol. The van der Waals surface area contributed by atoms with E-state index >= 15 is 0 Å². The number of aryl methyl sites for hydroxylation is 1. The number of ether oxygens (including phenoxy) is 1. The first-order chi connectivity index (χ1) is 13.1. The summed E-state index contributed by atoms with van der Waals surface area (Å²) in [6.45, 7) is 3.83. The van der Waals surface area contributed by atoms with Gasteiger partial charge >= 0.3 is 0 Å². The molecule has 1 aliphatic rings. The second kappa shape index (κ2) is 9.21. The number of carbonyl (C=O) groups is 2. The molecular formula is C22H26N2O3. The fourth-order valence-electron chi connectivity index (χ4n) is 3.28. The van der Waals surface area contributed by atoms with Crippen molar-refractivity contribution in [1.82, 2.24) is 10.2 Å². The Morgan fingerprint density at radius 3 is 2.41 bits per heavy atom. The Morgan fingerprint density at radius 2 is 1.70 bits per heavy atom. The molecule has 2 aromatic carbocycles. The summed E-state index contributed by atoms with van der Waals surface area (Å²) >= 11 is 0. The van der Waals surface area contributed by atoms with Crippen molar-refractivity contribution in [3.8, 4) is 5.75 Å². The van der Waals surface area contributed by atoms with Gasteiger partial charge in [0.15, 0.2) is 6.61 Å². The quantitative estimate of drug-likeness (QED) is 0.855. The van der Waals surface area contributed by atoms with Crippen molar-refractivity contribution in [2.24, 2.45) is 5.92 Å². The van der Waals surface area contributed by atoms with Gasteiger partial charge in [0.1, 0.15) is 5.75 Å². The lowest BCUT2D eigenvalue weighted by atomic mass is 9.95. The topological polar surface area (TPSA) is 58.6 Å². The van der Waals surface area contributed by atoms with E-state index in [4.69, 9.17) is 4.74 Å². The molecule has 5 heteroatoms. The highest BCUT2D eigenvalue weighted by molar-refractivity contribution is 5.80. The molecule has 27 heavy (non-hydrogen) atoms. The van der Waals surface area contributed by atoms with Gasteiger partial charge in [-0.15, -0.1) is 0 Å². The number of benzene rings is 2. The zero-order chi connectivity index (χ0) is 19.1. The highest BCUT2D eigenvalue weighted by atomic mass is 16.5. The lowest BCUT2D eigenvalue weighted by Crippen LogP contribution is -2.44. The zero-order valence-corrected chi connectivity index (χ0v) is 15.7. The number of piperidine rings is 1. The van der Waals surface area contributed by atoms with E-state index in [-0.39, 0.29) is 24.3 Å². The molecule has 5 nitrogen and oxygen atoms in total. The van der Waals surface area contributed by atoms with Crippen LogP contribution < -0.4 is 10.1 Å². The largest absolute Gasteiger partial charge is 0.484 e. The van der Waals surface area contributed by atoms with Crippen molar-refractivity contribution in [1.29, 1.82) is 0 Å². The van der Waals surface area contributed by atoms with E-state index < -0.39 is 0 Å². The van der Waals surface area contributed by atoms with E-state index in [9.17, 15) is 9.59 Å². The van der Waals surface area contributed by atoms with Gasteiger partial charge in [0.05, 0.1) is 0 Å². The van der Waals surface area contributed by atoms with Crippen LogP contribution in [0.4, 0.5) is 0 Å². The van der Waals surface area contributed by atoms with Gasteiger partial charge < -0.3 is 15.0 Å². The molecular weight excluding hydrogens is 340 g/mol. The van der Waals surface area contributed by atoms with E-state index in [1.54, 1.807) is 4.90 Å². The SMILES string of the molecule is Cc1ccccc1CNC(=O)C1CCN(C(=O)COc2ccccc2)CC1. The summed E-state index contributed by atoms with van der Waals surface area (Å²) in [6, 6.07) is 17.4. The lowest BCUT2D eigenvalue weighted by Gasteiger charge is -2.31. The summed E-state index contributed by atoms with van der Waals surface area (Å²) in [5.41, 5.74) is 2.31. The fraction of sp³-hybridized carbons (Fsp3) is 0.364. The van der Waals surface area contributed by atoms with Gasteiger partial charge in [-0.3, -0.25) is 9.59 Å². The Kier molecular flexibility index (Phi) is 6.47.